The first-order chi connectivity index (χ1) is 9.51. The molecule has 0 atom stereocenters. The van der Waals surface area contributed by atoms with Crippen LogP contribution in [-0.2, 0) is 4.43 Å². The van der Waals surface area contributed by atoms with Gasteiger partial charge in [0.15, 0.2) is 8.32 Å². The molecule has 0 saturated heterocycles. The second-order valence-electron chi connectivity index (χ2n) is 7.37. The van der Waals surface area contributed by atoms with Gasteiger partial charge in [-0.25, -0.2) is 0 Å². The third-order valence-electron chi connectivity index (χ3n) is 4.10. The van der Waals surface area contributed by atoms with Crippen molar-refractivity contribution in [3.05, 3.63) is 33.5 Å². The van der Waals surface area contributed by atoms with E-state index < -0.39 is 8.32 Å². The van der Waals surface area contributed by atoms with Gasteiger partial charge in [-0.3, -0.25) is 0 Å². The molecule has 0 aliphatic heterocycles. The molecule has 0 aromatic carbocycles. The Labute approximate surface area is 147 Å². The van der Waals surface area contributed by atoms with Crippen LogP contribution < -0.4 is 0 Å². The van der Waals surface area contributed by atoms with E-state index in [1.165, 1.54) is 14.7 Å². The number of hydrogen-bond donors (Lipinski definition) is 0. The summed E-state index contributed by atoms with van der Waals surface area (Å²) >= 11 is 2.48. The predicted molar refractivity (Wildman–Crippen MR) is 108 cm³/mol. The molecule has 0 N–H and O–H groups in total. The second-order valence-corrected chi connectivity index (χ2v) is 13.5. The van der Waals surface area contributed by atoms with Gasteiger partial charge in [0.2, 0.25) is 0 Å². The Bertz CT molecular complexity index is 396. The molecule has 0 heterocycles. The molecular formula is C18H33IOSi. The molecule has 0 bridgehead atoms. The molecule has 3 heteroatoms. The zero-order valence-corrected chi connectivity index (χ0v) is 18.1. The van der Waals surface area contributed by atoms with E-state index in [1.807, 2.05) is 6.08 Å². The van der Waals surface area contributed by atoms with Crippen molar-refractivity contribution in [3.8, 4) is 0 Å². The van der Waals surface area contributed by atoms with Crippen molar-refractivity contribution in [2.24, 2.45) is 0 Å². The molecule has 122 valence electrons. The topological polar surface area (TPSA) is 9.23 Å². The minimum absolute atomic E-state index is 0.264. The molecule has 21 heavy (non-hydrogen) atoms. The van der Waals surface area contributed by atoms with Gasteiger partial charge in [0.1, 0.15) is 0 Å². The second kappa shape index (κ2) is 9.31. The Hall–Kier alpha value is 0.127. The summed E-state index contributed by atoms with van der Waals surface area (Å²) in [5.74, 6) is 0. The minimum atomic E-state index is -1.68. The lowest BCUT2D eigenvalue weighted by Gasteiger charge is -2.36. The van der Waals surface area contributed by atoms with Gasteiger partial charge in [-0.2, -0.15) is 0 Å². The van der Waals surface area contributed by atoms with Gasteiger partial charge in [-0.05, 0) is 83.0 Å². The normalized spacial score (nSPS) is 13.7. The fraction of sp³-hybridized carbons (Fsp3) is 0.667. The van der Waals surface area contributed by atoms with Crippen LogP contribution in [0, 0.1) is 0 Å². The van der Waals surface area contributed by atoms with Gasteiger partial charge in [0.25, 0.3) is 0 Å². The zero-order chi connectivity index (χ0) is 16.7. The van der Waals surface area contributed by atoms with Gasteiger partial charge in [-0.15, -0.1) is 6.58 Å². The molecule has 0 saturated carbocycles. The number of allylic oxidation sites excluding steroid dienone is 4. The Morgan fingerprint density at radius 3 is 2.24 bits per heavy atom. The van der Waals surface area contributed by atoms with Gasteiger partial charge in [0, 0.05) is 0 Å². The highest BCUT2D eigenvalue weighted by Gasteiger charge is 2.37. The average Bonchev–Trinajstić information content (AvgIpc) is 2.32. The fourth-order valence-electron chi connectivity index (χ4n) is 1.57. The molecular weight excluding hydrogens is 387 g/mol. The SMILES string of the molecule is C=CC/C(CO[Si](C)(C)C(C)(C)C)=C(/I)CCC=C(C)C. The van der Waals surface area contributed by atoms with Gasteiger partial charge >= 0.3 is 0 Å². The Balaban J connectivity index is 4.82. The molecule has 1 nitrogen and oxygen atoms in total. The molecule has 0 fully saturated rings. The summed E-state index contributed by atoms with van der Waals surface area (Å²) in [5, 5.41) is 0.264. The third kappa shape index (κ3) is 8.36. The van der Waals surface area contributed by atoms with Crippen molar-refractivity contribution in [2.45, 2.75) is 72.0 Å². The molecule has 0 radical (unpaired) electrons. The van der Waals surface area contributed by atoms with Crippen molar-refractivity contribution in [3.63, 3.8) is 0 Å². The van der Waals surface area contributed by atoms with E-state index in [0.29, 0.717) is 0 Å². The van der Waals surface area contributed by atoms with Crippen molar-refractivity contribution < 1.29 is 4.43 Å². The maximum absolute atomic E-state index is 6.37. The molecule has 0 aromatic rings. The van der Waals surface area contributed by atoms with Crippen LogP contribution in [0.4, 0.5) is 0 Å². The van der Waals surface area contributed by atoms with E-state index in [2.05, 4.69) is 83.0 Å². The van der Waals surface area contributed by atoms with Gasteiger partial charge < -0.3 is 4.43 Å². The third-order valence-corrected chi connectivity index (χ3v) is 9.88. The summed E-state index contributed by atoms with van der Waals surface area (Å²) in [7, 11) is -1.68. The van der Waals surface area contributed by atoms with Crippen molar-refractivity contribution >= 4 is 30.9 Å². The highest BCUT2D eigenvalue weighted by atomic mass is 127. The summed E-state index contributed by atoms with van der Waals surface area (Å²) in [6.45, 7) is 20.5. The zero-order valence-electron chi connectivity index (χ0n) is 15.0. The van der Waals surface area contributed by atoms with Crippen molar-refractivity contribution in [1.29, 1.82) is 0 Å². The molecule has 0 aromatic heterocycles. The monoisotopic (exact) mass is 420 g/mol. The predicted octanol–water partition coefficient (Wildman–Crippen LogP) is 7.02. The maximum Gasteiger partial charge on any atom is 0.192 e. The van der Waals surface area contributed by atoms with Gasteiger partial charge in [-0.1, -0.05) is 38.5 Å². The summed E-state index contributed by atoms with van der Waals surface area (Å²) in [5.41, 5.74) is 2.79. The average molecular weight is 420 g/mol. The molecule has 0 rings (SSSR count). The Morgan fingerprint density at radius 1 is 1.24 bits per heavy atom. The first-order valence-corrected chi connectivity index (χ1v) is 11.7. The van der Waals surface area contributed by atoms with Crippen LogP contribution in [0.2, 0.25) is 18.1 Å². The number of halogens is 1. The lowest BCUT2D eigenvalue weighted by Crippen LogP contribution is -2.41. The van der Waals surface area contributed by atoms with Crippen molar-refractivity contribution in [2.75, 3.05) is 6.61 Å². The first kappa shape index (κ1) is 21.1. The van der Waals surface area contributed by atoms with Crippen LogP contribution >= 0.6 is 22.6 Å². The minimum Gasteiger partial charge on any atom is -0.413 e. The van der Waals surface area contributed by atoms with E-state index >= 15 is 0 Å². The Morgan fingerprint density at radius 2 is 1.81 bits per heavy atom. The Kier molecular flexibility index (Phi) is 9.36. The first-order valence-electron chi connectivity index (χ1n) is 7.76. The molecule has 0 aliphatic rings. The molecule has 0 amide bonds. The largest absolute Gasteiger partial charge is 0.413 e. The van der Waals surface area contributed by atoms with E-state index in [4.69, 9.17) is 4.43 Å². The molecule has 0 aliphatic carbocycles. The summed E-state index contributed by atoms with van der Waals surface area (Å²) < 4.78 is 7.80. The maximum atomic E-state index is 6.37. The van der Waals surface area contributed by atoms with Crippen LogP contribution in [0.5, 0.6) is 0 Å². The summed E-state index contributed by atoms with van der Waals surface area (Å²) in [6, 6.07) is 0. The van der Waals surface area contributed by atoms with Gasteiger partial charge in [0.05, 0.1) is 6.61 Å². The van der Waals surface area contributed by atoms with Crippen LogP contribution in [0.25, 0.3) is 0 Å². The lowest BCUT2D eigenvalue weighted by atomic mass is 10.1. The summed E-state index contributed by atoms with van der Waals surface area (Å²) in [6.07, 6.45) is 7.45. The number of hydrogen-bond acceptors (Lipinski definition) is 1. The molecule has 0 unspecified atom stereocenters. The van der Waals surface area contributed by atoms with Crippen LogP contribution in [0.3, 0.4) is 0 Å². The quantitative estimate of drug-likeness (QED) is 0.233. The standard InChI is InChI=1S/C18H33IOSi/c1-9-11-16(17(19)13-10-12-15(2)3)14-20-21(7,8)18(4,5)6/h9,12H,1,10-11,13-14H2,2-8H3/b17-16-. The molecule has 0 spiro atoms. The smallest absolute Gasteiger partial charge is 0.192 e. The van der Waals surface area contributed by atoms with Crippen LogP contribution in [0.15, 0.2) is 33.5 Å². The van der Waals surface area contributed by atoms with E-state index in [1.54, 1.807) is 0 Å². The highest BCUT2D eigenvalue weighted by molar-refractivity contribution is 14.1. The summed E-state index contributed by atoms with van der Waals surface area (Å²) in [4.78, 5) is 0. The van der Waals surface area contributed by atoms with Crippen molar-refractivity contribution in [1.82, 2.24) is 0 Å². The van der Waals surface area contributed by atoms with E-state index in [-0.39, 0.29) is 5.04 Å². The number of rotatable bonds is 8. The fourth-order valence-corrected chi connectivity index (χ4v) is 3.23. The lowest BCUT2D eigenvalue weighted by molar-refractivity contribution is 0.316. The van der Waals surface area contributed by atoms with E-state index in [9.17, 15) is 0 Å². The van der Waals surface area contributed by atoms with E-state index in [0.717, 1.165) is 25.9 Å². The van der Waals surface area contributed by atoms with Crippen LogP contribution in [-0.4, -0.2) is 14.9 Å². The highest BCUT2D eigenvalue weighted by Crippen LogP contribution is 2.37. The van der Waals surface area contributed by atoms with Crippen LogP contribution in [0.1, 0.15) is 53.9 Å².